The molecular weight excluding hydrogens is 482 g/mol. The molecule has 2 saturated heterocycles. The molecule has 0 saturated carbocycles. The minimum absolute atomic E-state index is 0.166. The van der Waals surface area contributed by atoms with Gasteiger partial charge in [-0.15, -0.1) is 0 Å². The number of carbonyl (C=O) groups is 2. The van der Waals surface area contributed by atoms with E-state index in [1.165, 1.54) is 30.1 Å². The number of morpholine rings is 1. The van der Waals surface area contributed by atoms with E-state index in [1.54, 1.807) is 0 Å². The number of hydrogen-bond donors (Lipinski definition) is 1. The average molecular weight is 524 g/mol. The van der Waals surface area contributed by atoms with E-state index in [0.29, 0.717) is 48.6 Å². The molecular formula is C29H41N5O4. The minimum Gasteiger partial charge on any atom is -0.619 e. The Labute approximate surface area is 225 Å². The Balaban J connectivity index is 1.29. The van der Waals surface area contributed by atoms with Gasteiger partial charge in [0.2, 0.25) is 0 Å². The van der Waals surface area contributed by atoms with Crippen molar-refractivity contribution in [2.45, 2.75) is 45.6 Å². The van der Waals surface area contributed by atoms with Crippen molar-refractivity contribution >= 4 is 17.6 Å². The van der Waals surface area contributed by atoms with Crippen LogP contribution in [0.25, 0.3) is 0 Å². The standard InChI is InChI=1S/C29H41N5O4/c1-3-11-33(22-24-7-12-31(13-8-24)29(36)32-16-18-38-19-17-32)23(2)20-25-5-4-6-27(21-25)30-28(35)26-9-14-34(37)15-10-26/h4-6,9-10,14-15,21,23-24H,3,7-8,11-13,16-20,22H2,1-2H3,(H,30,35). The molecule has 2 aromatic rings. The van der Waals surface area contributed by atoms with E-state index >= 15 is 0 Å². The fourth-order valence-corrected chi connectivity index (χ4v) is 5.39. The number of carbonyl (C=O) groups excluding carboxylic acids is 2. The number of amides is 3. The monoisotopic (exact) mass is 523 g/mol. The van der Waals surface area contributed by atoms with Crippen molar-refractivity contribution in [3.8, 4) is 0 Å². The van der Waals surface area contributed by atoms with Gasteiger partial charge in [-0.25, -0.2) is 4.79 Å². The molecule has 0 bridgehead atoms. The molecule has 206 valence electrons. The van der Waals surface area contributed by atoms with E-state index in [1.807, 2.05) is 28.0 Å². The van der Waals surface area contributed by atoms with Gasteiger partial charge < -0.3 is 30.0 Å². The first-order valence-electron chi connectivity index (χ1n) is 13.9. The van der Waals surface area contributed by atoms with Gasteiger partial charge in [0.05, 0.1) is 18.8 Å². The predicted molar refractivity (Wildman–Crippen MR) is 147 cm³/mol. The highest BCUT2D eigenvalue weighted by atomic mass is 16.5. The Morgan fingerprint density at radius 2 is 1.79 bits per heavy atom. The average Bonchev–Trinajstić information content (AvgIpc) is 2.94. The van der Waals surface area contributed by atoms with Crippen LogP contribution in [-0.4, -0.2) is 85.2 Å². The van der Waals surface area contributed by atoms with Crippen molar-refractivity contribution in [3.63, 3.8) is 0 Å². The molecule has 4 rings (SSSR count). The first kappa shape index (κ1) is 27.9. The smallest absolute Gasteiger partial charge is 0.320 e. The number of nitrogens with one attached hydrogen (secondary N) is 1. The third kappa shape index (κ3) is 7.68. The number of hydrogen-bond acceptors (Lipinski definition) is 5. The van der Waals surface area contributed by atoms with Crippen LogP contribution in [0.5, 0.6) is 0 Å². The Hall–Kier alpha value is -3.17. The lowest BCUT2D eigenvalue weighted by Crippen LogP contribution is -2.51. The molecule has 2 aliphatic rings. The van der Waals surface area contributed by atoms with E-state index < -0.39 is 0 Å². The number of likely N-dealkylation sites (tertiary alicyclic amines) is 1. The van der Waals surface area contributed by atoms with Crippen molar-refractivity contribution in [2.75, 3.05) is 57.8 Å². The number of urea groups is 1. The molecule has 38 heavy (non-hydrogen) atoms. The van der Waals surface area contributed by atoms with Gasteiger partial charge in [-0.1, -0.05) is 19.1 Å². The van der Waals surface area contributed by atoms with Gasteiger partial charge in [0.1, 0.15) is 0 Å². The Morgan fingerprint density at radius 1 is 1.11 bits per heavy atom. The molecule has 9 heteroatoms. The maximum atomic E-state index is 12.8. The van der Waals surface area contributed by atoms with Gasteiger partial charge >= 0.3 is 6.03 Å². The highest BCUT2D eigenvalue weighted by Crippen LogP contribution is 2.22. The SMILES string of the molecule is CCCN(CC1CCN(C(=O)N2CCOCC2)CC1)C(C)Cc1cccc(NC(=O)c2cc[n+]([O-])cc2)c1. The van der Waals surface area contributed by atoms with Crippen LogP contribution >= 0.6 is 0 Å². The zero-order valence-electron chi connectivity index (χ0n) is 22.7. The van der Waals surface area contributed by atoms with Crippen molar-refractivity contribution in [3.05, 3.63) is 65.1 Å². The van der Waals surface area contributed by atoms with Gasteiger partial charge in [0.15, 0.2) is 12.4 Å². The molecule has 9 nitrogen and oxygen atoms in total. The van der Waals surface area contributed by atoms with E-state index in [0.717, 1.165) is 57.5 Å². The number of pyridine rings is 1. The van der Waals surface area contributed by atoms with Gasteiger partial charge in [0.25, 0.3) is 5.91 Å². The third-order valence-corrected chi connectivity index (χ3v) is 7.57. The van der Waals surface area contributed by atoms with Gasteiger partial charge in [0, 0.05) is 56.6 Å². The number of anilines is 1. The predicted octanol–water partition coefficient (Wildman–Crippen LogP) is 3.38. The second-order valence-electron chi connectivity index (χ2n) is 10.5. The summed E-state index contributed by atoms with van der Waals surface area (Å²) in [6.45, 7) is 10.9. The first-order chi connectivity index (χ1) is 18.4. The maximum absolute atomic E-state index is 12.8. The van der Waals surface area contributed by atoms with Crippen LogP contribution in [0.1, 0.15) is 49.0 Å². The number of ether oxygens (including phenoxy) is 1. The number of aromatic nitrogens is 1. The Morgan fingerprint density at radius 3 is 2.47 bits per heavy atom. The topological polar surface area (TPSA) is 92.1 Å². The van der Waals surface area contributed by atoms with Gasteiger partial charge in [-0.3, -0.25) is 4.79 Å². The van der Waals surface area contributed by atoms with E-state index in [4.69, 9.17) is 4.74 Å². The Kier molecular flexibility index (Phi) is 9.95. The van der Waals surface area contributed by atoms with Crippen LogP contribution in [0.4, 0.5) is 10.5 Å². The molecule has 3 amide bonds. The highest BCUT2D eigenvalue weighted by Gasteiger charge is 2.29. The molecule has 2 fully saturated rings. The summed E-state index contributed by atoms with van der Waals surface area (Å²) >= 11 is 0. The fourth-order valence-electron chi connectivity index (χ4n) is 5.39. The summed E-state index contributed by atoms with van der Waals surface area (Å²) in [5.41, 5.74) is 2.37. The summed E-state index contributed by atoms with van der Waals surface area (Å²) in [4.78, 5) is 31.9. The summed E-state index contributed by atoms with van der Waals surface area (Å²) in [7, 11) is 0. The lowest BCUT2D eigenvalue weighted by Gasteiger charge is -2.39. The van der Waals surface area contributed by atoms with Crippen molar-refractivity contribution in [1.82, 2.24) is 14.7 Å². The molecule has 2 aliphatic heterocycles. The lowest BCUT2D eigenvalue weighted by molar-refractivity contribution is -0.605. The molecule has 1 aromatic carbocycles. The number of rotatable bonds is 9. The van der Waals surface area contributed by atoms with Crippen LogP contribution in [0.15, 0.2) is 48.8 Å². The summed E-state index contributed by atoms with van der Waals surface area (Å²) < 4.78 is 6.05. The Bertz CT molecular complexity index is 1050. The van der Waals surface area contributed by atoms with E-state index in [9.17, 15) is 14.8 Å². The molecule has 0 aliphatic carbocycles. The molecule has 1 aromatic heterocycles. The fraction of sp³-hybridized carbons (Fsp3) is 0.552. The quantitative estimate of drug-likeness (QED) is 0.402. The first-order valence-corrected chi connectivity index (χ1v) is 13.9. The van der Waals surface area contributed by atoms with Crippen molar-refractivity contribution in [2.24, 2.45) is 5.92 Å². The summed E-state index contributed by atoms with van der Waals surface area (Å²) in [6, 6.07) is 11.5. The zero-order chi connectivity index (χ0) is 26.9. The summed E-state index contributed by atoms with van der Waals surface area (Å²) in [6.07, 6.45) is 6.70. The second kappa shape index (κ2) is 13.6. The second-order valence-corrected chi connectivity index (χ2v) is 10.5. The minimum atomic E-state index is -0.234. The van der Waals surface area contributed by atoms with Crippen LogP contribution in [0.2, 0.25) is 0 Å². The van der Waals surface area contributed by atoms with Crippen LogP contribution in [0, 0.1) is 11.1 Å². The van der Waals surface area contributed by atoms with Crippen molar-refractivity contribution < 1.29 is 19.1 Å². The lowest BCUT2D eigenvalue weighted by atomic mass is 9.95. The number of nitrogens with zero attached hydrogens (tertiary/aromatic N) is 4. The molecule has 1 N–H and O–H groups in total. The molecule has 3 heterocycles. The third-order valence-electron chi connectivity index (χ3n) is 7.57. The molecule has 1 atom stereocenters. The highest BCUT2D eigenvalue weighted by molar-refractivity contribution is 6.04. The van der Waals surface area contributed by atoms with Crippen LogP contribution in [-0.2, 0) is 11.2 Å². The van der Waals surface area contributed by atoms with Gasteiger partial charge in [-0.2, -0.15) is 4.73 Å². The normalized spacial score (nSPS) is 17.4. The maximum Gasteiger partial charge on any atom is 0.320 e. The summed E-state index contributed by atoms with van der Waals surface area (Å²) in [5, 5.41) is 14.2. The zero-order valence-corrected chi connectivity index (χ0v) is 22.7. The van der Waals surface area contributed by atoms with E-state index in [2.05, 4.69) is 30.1 Å². The number of piperidine rings is 1. The van der Waals surface area contributed by atoms with Crippen molar-refractivity contribution in [1.29, 1.82) is 0 Å². The largest absolute Gasteiger partial charge is 0.619 e. The molecule has 1 unspecified atom stereocenters. The van der Waals surface area contributed by atoms with Gasteiger partial charge in [-0.05, 0) is 62.8 Å². The van der Waals surface area contributed by atoms with Crippen LogP contribution < -0.4 is 10.0 Å². The molecule has 0 radical (unpaired) electrons. The van der Waals surface area contributed by atoms with E-state index in [-0.39, 0.29) is 11.9 Å². The van der Waals surface area contributed by atoms with Crippen LogP contribution in [0.3, 0.4) is 0 Å². The molecule has 0 spiro atoms. The number of benzene rings is 1. The summed E-state index contributed by atoms with van der Waals surface area (Å²) in [5.74, 6) is 0.351.